The van der Waals surface area contributed by atoms with E-state index in [0.717, 1.165) is 21.3 Å². The normalized spacial score (nSPS) is 14.4. The Morgan fingerprint density at radius 1 is 1.17 bits per heavy atom. The van der Waals surface area contributed by atoms with Gasteiger partial charge in [0.15, 0.2) is 0 Å². The SMILES string of the molecule is Cc1nc(-c2ccccc2)sc1C(=O)Nc1nnc(C2CCC2)s1. The minimum absolute atomic E-state index is 0.163. The van der Waals surface area contributed by atoms with Gasteiger partial charge in [0.05, 0.1) is 5.69 Å². The van der Waals surface area contributed by atoms with Crippen molar-refractivity contribution in [3.63, 3.8) is 0 Å². The van der Waals surface area contributed by atoms with Gasteiger partial charge in [0.1, 0.15) is 14.9 Å². The molecule has 0 spiro atoms. The van der Waals surface area contributed by atoms with Gasteiger partial charge in [-0.3, -0.25) is 10.1 Å². The molecular weight excluding hydrogens is 340 g/mol. The zero-order valence-electron chi connectivity index (χ0n) is 13.2. The monoisotopic (exact) mass is 356 g/mol. The predicted octanol–water partition coefficient (Wildman–Crippen LogP) is 4.49. The van der Waals surface area contributed by atoms with E-state index in [1.807, 2.05) is 37.3 Å². The fourth-order valence-corrected chi connectivity index (χ4v) is 4.44. The molecular formula is C17H16N4OS2. The number of aryl methyl sites for hydroxylation is 1. The van der Waals surface area contributed by atoms with Crippen LogP contribution in [0.25, 0.3) is 10.6 Å². The van der Waals surface area contributed by atoms with Crippen molar-refractivity contribution in [2.45, 2.75) is 32.1 Å². The van der Waals surface area contributed by atoms with Gasteiger partial charge in [-0.2, -0.15) is 0 Å². The van der Waals surface area contributed by atoms with Crippen molar-refractivity contribution >= 4 is 33.7 Å². The van der Waals surface area contributed by atoms with Crippen molar-refractivity contribution < 1.29 is 4.79 Å². The summed E-state index contributed by atoms with van der Waals surface area (Å²) in [6.07, 6.45) is 3.61. The van der Waals surface area contributed by atoms with Crippen molar-refractivity contribution in [1.82, 2.24) is 15.2 Å². The molecule has 5 nitrogen and oxygen atoms in total. The number of benzene rings is 1. The summed E-state index contributed by atoms with van der Waals surface area (Å²) in [5.41, 5.74) is 1.76. The van der Waals surface area contributed by atoms with Gasteiger partial charge in [0.25, 0.3) is 5.91 Å². The maximum atomic E-state index is 12.5. The molecule has 24 heavy (non-hydrogen) atoms. The van der Waals surface area contributed by atoms with E-state index in [1.54, 1.807) is 0 Å². The Kier molecular flexibility index (Phi) is 4.12. The predicted molar refractivity (Wildman–Crippen MR) is 96.7 cm³/mol. The van der Waals surface area contributed by atoms with Crippen LogP contribution in [0.2, 0.25) is 0 Å². The van der Waals surface area contributed by atoms with Gasteiger partial charge in [-0.05, 0) is 19.8 Å². The first-order valence-electron chi connectivity index (χ1n) is 7.88. The number of anilines is 1. The summed E-state index contributed by atoms with van der Waals surface area (Å²) in [7, 11) is 0. The van der Waals surface area contributed by atoms with Crippen LogP contribution < -0.4 is 5.32 Å². The van der Waals surface area contributed by atoms with Crippen molar-refractivity contribution in [2.75, 3.05) is 5.32 Å². The molecule has 1 amide bonds. The standard InChI is InChI=1S/C17H16N4OS2/c1-10-13(23-15(18-10)11-6-3-2-4-7-11)14(22)19-17-21-20-16(24-17)12-8-5-9-12/h2-4,6-7,12H,5,8-9H2,1H3,(H,19,21,22). The highest BCUT2D eigenvalue weighted by Crippen LogP contribution is 2.38. The molecule has 4 rings (SSSR count). The van der Waals surface area contributed by atoms with Gasteiger partial charge in [-0.15, -0.1) is 21.5 Å². The highest BCUT2D eigenvalue weighted by atomic mass is 32.1. The number of carbonyl (C=O) groups is 1. The summed E-state index contributed by atoms with van der Waals surface area (Å²) in [5, 5.41) is 13.6. The first kappa shape index (κ1) is 15.4. The topological polar surface area (TPSA) is 67.8 Å². The lowest BCUT2D eigenvalue weighted by molar-refractivity contribution is 0.102. The van der Waals surface area contributed by atoms with Gasteiger partial charge in [0, 0.05) is 11.5 Å². The molecule has 1 aliphatic rings. The van der Waals surface area contributed by atoms with E-state index in [-0.39, 0.29) is 5.91 Å². The lowest BCUT2D eigenvalue weighted by Gasteiger charge is -2.21. The molecule has 1 saturated carbocycles. The van der Waals surface area contributed by atoms with Gasteiger partial charge < -0.3 is 0 Å². The van der Waals surface area contributed by atoms with E-state index in [2.05, 4.69) is 20.5 Å². The summed E-state index contributed by atoms with van der Waals surface area (Å²) >= 11 is 2.88. The minimum Gasteiger partial charge on any atom is -0.296 e. The van der Waals surface area contributed by atoms with Crippen LogP contribution in [0.15, 0.2) is 30.3 Å². The molecule has 0 atom stereocenters. The second-order valence-electron chi connectivity index (χ2n) is 5.83. The molecule has 1 aromatic carbocycles. The molecule has 0 aliphatic heterocycles. The highest BCUT2D eigenvalue weighted by Gasteiger charge is 2.24. The van der Waals surface area contributed by atoms with Crippen LogP contribution >= 0.6 is 22.7 Å². The Morgan fingerprint density at radius 3 is 2.67 bits per heavy atom. The average Bonchev–Trinajstić information content (AvgIpc) is 3.13. The third-order valence-electron chi connectivity index (χ3n) is 4.14. The zero-order chi connectivity index (χ0) is 16.5. The van der Waals surface area contributed by atoms with E-state index < -0.39 is 0 Å². The summed E-state index contributed by atoms with van der Waals surface area (Å²) in [5.74, 6) is 0.367. The second-order valence-corrected chi connectivity index (χ2v) is 7.84. The summed E-state index contributed by atoms with van der Waals surface area (Å²) in [4.78, 5) is 17.7. The number of amides is 1. The van der Waals surface area contributed by atoms with E-state index >= 15 is 0 Å². The average molecular weight is 356 g/mol. The van der Waals surface area contributed by atoms with E-state index in [9.17, 15) is 4.79 Å². The largest absolute Gasteiger partial charge is 0.296 e. The maximum absolute atomic E-state index is 12.5. The number of aromatic nitrogens is 3. The zero-order valence-corrected chi connectivity index (χ0v) is 14.8. The Balaban J connectivity index is 1.52. The number of nitrogens with zero attached hydrogens (tertiary/aromatic N) is 3. The van der Waals surface area contributed by atoms with Crippen LogP contribution in [0, 0.1) is 6.92 Å². The molecule has 0 radical (unpaired) electrons. The second kappa shape index (κ2) is 6.41. The fraction of sp³-hybridized carbons (Fsp3) is 0.294. The third kappa shape index (κ3) is 2.97. The van der Waals surface area contributed by atoms with Gasteiger partial charge in [-0.25, -0.2) is 4.98 Å². The fourth-order valence-electron chi connectivity index (χ4n) is 2.57. The van der Waals surface area contributed by atoms with Crippen LogP contribution in [0.4, 0.5) is 5.13 Å². The van der Waals surface area contributed by atoms with Crippen LogP contribution in [0.1, 0.15) is 45.6 Å². The van der Waals surface area contributed by atoms with Gasteiger partial charge in [-0.1, -0.05) is 48.1 Å². The van der Waals surface area contributed by atoms with Crippen LogP contribution in [0.5, 0.6) is 0 Å². The van der Waals surface area contributed by atoms with Crippen LogP contribution in [-0.4, -0.2) is 21.1 Å². The molecule has 1 fully saturated rings. The first-order valence-corrected chi connectivity index (χ1v) is 9.51. The Labute approximate surface area is 147 Å². The Morgan fingerprint density at radius 2 is 1.96 bits per heavy atom. The Hall–Kier alpha value is -2.12. The molecule has 2 heterocycles. The Bertz CT molecular complexity index is 868. The van der Waals surface area contributed by atoms with Crippen molar-refractivity contribution in [2.24, 2.45) is 0 Å². The van der Waals surface area contributed by atoms with Gasteiger partial charge >= 0.3 is 0 Å². The molecule has 122 valence electrons. The van der Waals surface area contributed by atoms with E-state index in [4.69, 9.17) is 0 Å². The van der Waals surface area contributed by atoms with Crippen molar-refractivity contribution in [3.8, 4) is 10.6 Å². The number of rotatable bonds is 4. The molecule has 1 N–H and O–H groups in total. The number of thiazole rings is 1. The molecule has 3 aromatic rings. The number of carbonyl (C=O) groups excluding carboxylic acids is 1. The molecule has 0 bridgehead atoms. The molecule has 0 unspecified atom stereocenters. The maximum Gasteiger partial charge on any atom is 0.269 e. The number of nitrogens with one attached hydrogen (secondary N) is 1. The molecule has 2 aromatic heterocycles. The summed E-state index contributed by atoms with van der Waals surface area (Å²) in [6, 6.07) is 9.89. The van der Waals surface area contributed by atoms with Gasteiger partial charge in [0.2, 0.25) is 5.13 Å². The molecule has 1 aliphatic carbocycles. The number of hydrogen-bond donors (Lipinski definition) is 1. The quantitative estimate of drug-likeness (QED) is 0.748. The first-order chi connectivity index (χ1) is 11.7. The van der Waals surface area contributed by atoms with Crippen molar-refractivity contribution in [1.29, 1.82) is 0 Å². The lowest BCUT2D eigenvalue weighted by atomic mass is 9.86. The summed E-state index contributed by atoms with van der Waals surface area (Å²) in [6.45, 7) is 1.86. The molecule has 0 saturated heterocycles. The molecule has 7 heteroatoms. The summed E-state index contributed by atoms with van der Waals surface area (Å²) < 4.78 is 0. The third-order valence-corrected chi connectivity index (χ3v) is 6.35. The highest BCUT2D eigenvalue weighted by molar-refractivity contribution is 7.17. The van der Waals surface area contributed by atoms with Crippen LogP contribution in [-0.2, 0) is 0 Å². The lowest BCUT2D eigenvalue weighted by Crippen LogP contribution is -2.11. The van der Waals surface area contributed by atoms with E-state index in [0.29, 0.717) is 15.9 Å². The number of hydrogen-bond acceptors (Lipinski definition) is 6. The van der Waals surface area contributed by atoms with Crippen LogP contribution in [0.3, 0.4) is 0 Å². The van der Waals surface area contributed by atoms with Crippen molar-refractivity contribution in [3.05, 3.63) is 45.9 Å². The smallest absolute Gasteiger partial charge is 0.269 e. The minimum atomic E-state index is -0.163. The van der Waals surface area contributed by atoms with E-state index in [1.165, 1.54) is 41.9 Å².